The predicted octanol–water partition coefficient (Wildman–Crippen LogP) is 2.87. The minimum atomic E-state index is -0.459. The first-order valence-electron chi connectivity index (χ1n) is 8.86. The van der Waals surface area contributed by atoms with Crippen molar-refractivity contribution >= 4 is 34.6 Å². The molecule has 2 amide bonds. The van der Waals surface area contributed by atoms with Crippen molar-refractivity contribution < 1.29 is 9.59 Å². The van der Waals surface area contributed by atoms with E-state index in [4.69, 9.17) is 5.73 Å². The van der Waals surface area contributed by atoms with Gasteiger partial charge in [-0.3, -0.25) is 9.59 Å². The molecule has 0 radical (unpaired) electrons. The first kappa shape index (κ1) is 17.0. The molecule has 2 aromatic heterocycles. The molecule has 0 bridgehead atoms. The van der Waals surface area contributed by atoms with Gasteiger partial charge in [0, 0.05) is 41.2 Å². The summed E-state index contributed by atoms with van der Waals surface area (Å²) in [7, 11) is 0. The van der Waals surface area contributed by atoms with Crippen molar-refractivity contribution in [3.8, 4) is 0 Å². The number of H-pyrrole nitrogens is 1. The minimum absolute atomic E-state index is 0.0228. The SMILES string of the molecule is Cc1c(C/C(=C/c2cnc3c(c2)CCC(=O)N3)C(N)=O)[nH]c2ccccc12. The molecular weight excluding hydrogens is 340 g/mol. The number of pyridine rings is 1. The zero-order valence-corrected chi connectivity index (χ0v) is 15.0. The largest absolute Gasteiger partial charge is 0.366 e. The summed E-state index contributed by atoms with van der Waals surface area (Å²) in [5.41, 5.74) is 11.0. The van der Waals surface area contributed by atoms with E-state index in [2.05, 4.69) is 21.4 Å². The number of fused-ring (bicyclic) bond motifs is 2. The van der Waals surface area contributed by atoms with E-state index in [9.17, 15) is 9.59 Å². The molecule has 4 N–H and O–H groups in total. The summed E-state index contributed by atoms with van der Waals surface area (Å²) < 4.78 is 0. The van der Waals surface area contributed by atoms with Crippen molar-refractivity contribution in [3.05, 3.63) is 64.5 Å². The van der Waals surface area contributed by atoms with Crippen LogP contribution < -0.4 is 11.1 Å². The molecular formula is C21H20N4O2. The first-order valence-corrected chi connectivity index (χ1v) is 8.86. The van der Waals surface area contributed by atoms with E-state index in [1.165, 1.54) is 0 Å². The van der Waals surface area contributed by atoms with Crippen LogP contribution in [0.15, 0.2) is 42.1 Å². The second-order valence-corrected chi connectivity index (χ2v) is 6.81. The fourth-order valence-corrected chi connectivity index (χ4v) is 3.47. The number of nitrogens with one attached hydrogen (secondary N) is 2. The Bertz CT molecular complexity index is 1090. The van der Waals surface area contributed by atoms with Crippen LogP contribution in [0.25, 0.3) is 17.0 Å². The zero-order chi connectivity index (χ0) is 19.0. The number of hydrogen-bond acceptors (Lipinski definition) is 3. The number of amides is 2. The summed E-state index contributed by atoms with van der Waals surface area (Å²) >= 11 is 0. The van der Waals surface area contributed by atoms with Crippen LogP contribution in [0.5, 0.6) is 0 Å². The van der Waals surface area contributed by atoms with E-state index in [1.54, 1.807) is 12.3 Å². The van der Waals surface area contributed by atoms with Crippen molar-refractivity contribution in [2.24, 2.45) is 5.73 Å². The molecule has 1 aliphatic heterocycles. The Labute approximate surface area is 156 Å². The van der Waals surface area contributed by atoms with Gasteiger partial charge >= 0.3 is 0 Å². The van der Waals surface area contributed by atoms with Crippen LogP contribution in [0, 0.1) is 6.92 Å². The van der Waals surface area contributed by atoms with Gasteiger partial charge in [-0.25, -0.2) is 4.98 Å². The van der Waals surface area contributed by atoms with Crippen LogP contribution in [0.3, 0.4) is 0 Å². The first-order chi connectivity index (χ1) is 13.0. The number of benzene rings is 1. The number of rotatable bonds is 4. The number of primary amides is 1. The molecule has 0 atom stereocenters. The van der Waals surface area contributed by atoms with E-state index in [0.29, 0.717) is 30.7 Å². The van der Waals surface area contributed by atoms with Crippen LogP contribution in [-0.2, 0) is 22.4 Å². The number of carbonyl (C=O) groups is 2. The van der Waals surface area contributed by atoms with Gasteiger partial charge in [0.25, 0.3) is 0 Å². The van der Waals surface area contributed by atoms with Crippen LogP contribution in [0.1, 0.15) is 28.8 Å². The van der Waals surface area contributed by atoms with Gasteiger partial charge in [-0.05, 0) is 48.2 Å². The third-order valence-electron chi connectivity index (χ3n) is 4.96. The lowest BCUT2D eigenvalue weighted by Crippen LogP contribution is -2.20. The molecule has 0 spiro atoms. The minimum Gasteiger partial charge on any atom is -0.366 e. The number of aryl methyl sites for hydroxylation is 2. The second kappa shape index (κ2) is 6.72. The summed E-state index contributed by atoms with van der Waals surface area (Å²) in [5.74, 6) is 0.111. The number of nitrogens with zero attached hydrogens (tertiary/aromatic N) is 1. The maximum absolute atomic E-state index is 12.0. The lowest BCUT2D eigenvalue weighted by molar-refractivity contribution is -0.116. The molecule has 0 saturated heterocycles. The predicted molar refractivity (Wildman–Crippen MR) is 105 cm³/mol. The molecule has 4 rings (SSSR count). The monoisotopic (exact) mass is 360 g/mol. The Morgan fingerprint density at radius 3 is 2.89 bits per heavy atom. The van der Waals surface area contributed by atoms with E-state index in [0.717, 1.165) is 33.3 Å². The molecule has 27 heavy (non-hydrogen) atoms. The Morgan fingerprint density at radius 1 is 1.30 bits per heavy atom. The van der Waals surface area contributed by atoms with Gasteiger partial charge in [-0.2, -0.15) is 0 Å². The van der Waals surface area contributed by atoms with E-state index < -0.39 is 5.91 Å². The summed E-state index contributed by atoms with van der Waals surface area (Å²) in [5, 5.41) is 3.90. The standard InChI is InChI=1S/C21H20N4O2/c1-12-16-4-2-3-5-17(16)24-18(12)10-15(20(22)27)9-13-8-14-6-7-19(26)25-21(14)23-11-13/h2-5,8-9,11,24H,6-7,10H2,1H3,(H2,22,27)(H,23,25,26)/b15-9-. The second-order valence-electron chi connectivity index (χ2n) is 6.81. The maximum atomic E-state index is 12.0. The topological polar surface area (TPSA) is 101 Å². The van der Waals surface area contributed by atoms with E-state index in [-0.39, 0.29) is 5.91 Å². The Morgan fingerprint density at radius 2 is 2.11 bits per heavy atom. The van der Waals surface area contributed by atoms with Crippen molar-refractivity contribution in [1.82, 2.24) is 9.97 Å². The Kier molecular flexibility index (Phi) is 4.24. The molecule has 0 aliphatic carbocycles. The third-order valence-corrected chi connectivity index (χ3v) is 4.96. The van der Waals surface area contributed by atoms with Gasteiger partial charge in [0.15, 0.2) is 0 Å². The summed E-state index contributed by atoms with van der Waals surface area (Å²) in [6.07, 6.45) is 4.92. The summed E-state index contributed by atoms with van der Waals surface area (Å²) in [6.45, 7) is 2.04. The van der Waals surface area contributed by atoms with Crippen molar-refractivity contribution in [2.45, 2.75) is 26.2 Å². The van der Waals surface area contributed by atoms with Crippen LogP contribution in [-0.4, -0.2) is 21.8 Å². The molecule has 6 nitrogen and oxygen atoms in total. The van der Waals surface area contributed by atoms with E-state index in [1.807, 2.05) is 31.2 Å². The molecule has 0 saturated carbocycles. The summed E-state index contributed by atoms with van der Waals surface area (Å²) in [6, 6.07) is 9.99. The molecule has 3 heterocycles. The lowest BCUT2D eigenvalue weighted by Gasteiger charge is -2.15. The maximum Gasteiger partial charge on any atom is 0.245 e. The van der Waals surface area contributed by atoms with Crippen LogP contribution in [0.2, 0.25) is 0 Å². The number of aromatic amines is 1. The highest BCUT2D eigenvalue weighted by Gasteiger charge is 2.17. The fraction of sp³-hybridized carbons (Fsp3) is 0.190. The molecule has 0 fully saturated rings. The van der Waals surface area contributed by atoms with Crippen molar-refractivity contribution in [1.29, 1.82) is 0 Å². The average molecular weight is 360 g/mol. The number of nitrogens with two attached hydrogens (primary N) is 1. The normalized spacial score (nSPS) is 14.1. The van der Waals surface area contributed by atoms with Gasteiger partial charge in [-0.15, -0.1) is 0 Å². The van der Waals surface area contributed by atoms with Gasteiger partial charge in [-0.1, -0.05) is 18.2 Å². The Hall–Kier alpha value is -3.41. The van der Waals surface area contributed by atoms with Gasteiger partial charge in [0.05, 0.1) is 0 Å². The highest BCUT2D eigenvalue weighted by Crippen LogP contribution is 2.25. The number of anilines is 1. The van der Waals surface area contributed by atoms with E-state index >= 15 is 0 Å². The number of hydrogen-bond donors (Lipinski definition) is 3. The molecule has 1 aromatic carbocycles. The van der Waals surface area contributed by atoms with Gasteiger partial charge in [0.1, 0.15) is 5.82 Å². The van der Waals surface area contributed by atoms with Crippen LogP contribution in [0.4, 0.5) is 5.82 Å². The van der Waals surface area contributed by atoms with Crippen molar-refractivity contribution in [2.75, 3.05) is 5.32 Å². The number of aromatic nitrogens is 2. The third kappa shape index (κ3) is 3.33. The molecule has 1 aliphatic rings. The lowest BCUT2D eigenvalue weighted by atomic mass is 10.0. The molecule has 136 valence electrons. The number of carbonyl (C=O) groups excluding carboxylic acids is 2. The van der Waals surface area contributed by atoms with Crippen molar-refractivity contribution in [3.63, 3.8) is 0 Å². The van der Waals surface area contributed by atoms with Crippen LogP contribution >= 0.6 is 0 Å². The van der Waals surface area contributed by atoms with Gasteiger partial charge < -0.3 is 16.0 Å². The zero-order valence-electron chi connectivity index (χ0n) is 15.0. The fourth-order valence-electron chi connectivity index (χ4n) is 3.47. The quantitative estimate of drug-likeness (QED) is 0.624. The molecule has 6 heteroatoms. The van der Waals surface area contributed by atoms with Gasteiger partial charge in [0.2, 0.25) is 11.8 Å². The highest BCUT2D eigenvalue weighted by molar-refractivity contribution is 5.98. The Balaban J connectivity index is 1.67. The molecule has 3 aromatic rings. The highest BCUT2D eigenvalue weighted by atomic mass is 16.2. The average Bonchev–Trinajstić information content (AvgIpc) is 2.97. The number of para-hydroxylation sites is 1. The smallest absolute Gasteiger partial charge is 0.245 e. The summed E-state index contributed by atoms with van der Waals surface area (Å²) in [4.78, 5) is 31.2. The molecule has 0 unspecified atom stereocenters.